The zero-order chi connectivity index (χ0) is 23.0. The van der Waals surface area contributed by atoms with E-state index in [1.807, 2.05) is 35.6 Å². The van der Waals surface area contributed by atoms with Crippen molar-refractivity contribution in [3.05, 3.63) is 65.7 Å². The lowest BCUT2D eigenvalue weighted by Crippen LogP contribution is -2.40. The van der Waals surface area contributed by atoms with Crippen molar-refractivity contribution in [1.29, 1.82) is 0 Å². The van der Waals surface area contributed by atoms with Crippen LogP contribution in [0, 0.1) is 6.92 Å². The van der Waals surface area contributed by atoms with Crippen LogP contribution in [0.4, 0.5) is 0 Å². The normalized spacial score (nSPS) is 15.3. The van der Waals surface area contributed by atoms with Crippen LogP contribution in [0.5, 0.6) is 0 Å². The number of benzene rings is 2. The van der Waals surface area contributed by atoms with E-state index in [0.717, 1.165) is 22.1 Å². The number of aromatic nitrogens is 3. The quantitative estimate of drug-likeness (QED) is 0.308. The van der Waals surface area contributed by atoms with E-state index in [4.69, 9.17) is 4.74 Å². The van der Waals surface area contributed by atoms with Crippen LogP contribution in [0.25, 0.3) is 16.6 Å². The number of aryl methyl sites for hydroxylation is 1. The molecular formula is C23H22N4O4S2. The summed E-state index contributed by atoms with van der Waals surface area (Å²) >= 11 is 1.31. The average Bonchev–Trinajstić information content (AvgIpc) is 3.26. The number of carbonyl (C=O) groups excluding carboxylic acids is 1. The van der Waals surface area contributed by atoms with Crippen LogP contribution in [-0.4, -0.2) is 65.2 Å². The monoisotopic (exact) mass is 482 g/mol. The number of nitrogens with zero attached hydrogens (tertiary/aromatic N) is 4. The van der Waals surface area contributed by atoms with Gasteiger partial charge in [0.25, 0.3) is 0 Å². The molecule has 0 bridgehead atoms. The number of hydrogen-bond donors (Lipinski definition) is 0. The zero-order valence-corrected chi connectivity index (χ0v) is 19.6. The second-order valence-corrected chi connectivity index (χ2v) is 10.7. The third-order valence-corrected chi connectivity index (χ3v) is 8.53. The highest BCUT2D eigenvalue weighted by atomic mass is 32.2. The molecule has 33 heavy (non-hydrogen) atoms. The Morgan fingerprint density at radius 3 is 2.55 bits per heavy atom. The molecule has 1 aliphatic heterocycles. The lowest BCUT2D eigenvalue weighted by molar-refractivity contribution is 0.0730. The summed E-state index contributed by atoms with van der Waals surface area (Å²) in [7, 11) is -3.59. The summed E-state index contributed by atoms with van der Waals surface area (Å²) in [6.07, 6.45) is 0. The maximum Gasteiger partial charge on any atom is 0.243 e. The standard InChI is InChI=1S/C23H22N4O4S2/c1-16-14-22-24-25-23(27(22)20-5-3-2-4-19(16)20)32-15-21(28)17-6-8-18(9-7-17)33(29,30)26-10-12-31-13-11-26/h2-9,14H,10-13,15H2,1H3. The highest BCUT2D eigenvalue weighted by Crippen LogP contribution is 2.26. The lowest BCUT2D eigenvalue weighted by Gasteiger charge is -2.26. The number of fused-ring (bicyclic) bond motifs is 3. The van der Waals surface area contributed by atoms with Crippen LogP contribution >= 0.6 is 11.8 Å². The van der Waals surface area contributed by atoms with Crippen molar-refractivity contribution >= 4 is 44.1 Å². The highest BCUT2D eigenvalue weighted by Gasteiger charge is 2.26. The van der Waals surface area contributed by atoms with Crippen molar-refractivity contribution in [1.82, 2.24) is 18.9 Å². The van der Waals surface area contributed by atoms with Crippen molar-refractivity contribution in [2.24, 2.45) is 0 Å². The molecule has 1 aliphatic rings. The van der Waals surface area contributed by atoms with Gasteiger partial charge in [-0.1, -0.05) is 42.1 Å². The molecule has 0 aliphatic carbocycles. The molecular weight excluding hydrogens is 460 g/mol. The molecule has 0 N–H and O–H groups in total. The molecule has 0 unspecified atom stereocenters. The van der Waals surface area contributed by atoms with Gasteiger partial charge in [0.1, 0.15) is 0 Å². The van der Waals surface area contributed by atoms with Gasteiger partial charge in [0.2, 0.25) is 10.0 Å². The van der Waals surface area contributed by atoms with Gasteiger partial charge in [-0.05, 0) is 36.8 Å². The number of thioether (sulfide) groups is 1. The molecule has 170 valence electrons. The summed E-state index contributed by atoms with van der Waals surface area (Å²) < 4.78 is 34.1. The molecule has 4 aromatic rings. The number of ether oxygens (including phenoxy) is 1. The molecule has 10 heteroatoms. The Morgan fingerprint density at radius 2 is 1.79 bits per heavy atom. The smallest absolute Gasteiger partial charge is 0.243 e. The maximum atomic E-state index is 12.8. The zero-order valence-electron chi connectivity index (χ0n) is 18.0. The van der Waals surface area contributed by atoms with E-state index < -0.39 is 10.0 Å². The largest absolute Gasteiger partial charge is 0.379 e. The summed E-state index contributed by atoms with van der Waals surface area (Å²) in [6.45, 7) is 3.48. The SMILES string of the molecule is Cc1cc2nnc(SCC(=O)c3ccc(S(=O)(=O)N4CCOCC4)cc3)n2c2ccccc12. The Hall–Kier alpha value is -2.79. The molecule has 0 atom stereocenters. The molecule has 2 aromatic heterocycles. The molecule has 5 rings (SSSR count). The van der Waals surface area contributed by atoms with Crippen LogP contribution in [0.1, 0.15) is 15.9 Å². The first-order valence-electron chi connectivity index (χ1n) is 10.5. The molecule has 1 fully saturated rings. The maximum absolute atomic E-state index is 12.8. The molecule has 8 nitrogen and oxygen atoms in total. The Labute approximate surface area is 195 Å². The average molecular weight is 483 g/mol. The summed E-state index contributed by atoms with van der Waals surface area (Å²) in [4.78, 5) is 13.0. The summed E-state index contributed by atoms with van der Waals surface area (Å²) in [6, 6.07) is 16.1. The fraction of sp³-hybridized carbons (Fsp3) is 0.261. The van der Waals surface area contributed by atoms with Gasteiger partial charge in [-0.3, -0.25) is 9.20 Å². The fourth-order valence-corrected chi connectivity index (χ4v) is 6.18. The van der Waals surface area contributed by atoms with Crippen molar-refractivity contribution in [3.8, 4) is 0 Å². The Morgan fingerprint density at radius 1 is 1.06 bits per heavy atom. The van der Waals surface area contributed by atoms with E-state index in [1.165, 1.54) is 28.2 Å². The van der Waals surface area contributed by atoms with Gasteiger partial charge in [-0.25, -0.2) is 8.42 Å². The molecule has 0 saturated carbocycles. The van der Waals surface area contributed by atoms with Gasteiger partial charge >= 0.3 is 0 Å². The summed E-state index contributed by atoms with van der Waals surface area (Å²) in [5.41, 5.74) is 3.30. The third-order valence-electron chi connectivity index (χ3n) is 5.69. The van der Waals surface area contributed by atoms with Crippen molar-refractivity contribution in [2.45, 2.75) is 17.0 Å². The number of carbonyl (C=O) groups is 1. The van der Waals surface area contributed by atoms with Crippen LogP contribution in [0.3, 0.4) is 0 Å². The van der Waals surface area contributed by atoms with E-state index in [9.17, 15) is 13.2 Å². The second-order valence-electron chi connectivity index (χ2n) is 7.77. The number of Topliss-reactive ketones (excluding diaryl/α,β-unsaturated/α-hetero) is 1. The first kappa shape index (κ1) is 22.0. The van der Waals surface area contributed by atoms with Gasteiger partial charge < -0.3 is 4.74 Å². The lowest BCUT2D eigenvalue weighted by atomic mass is 10.1. The Kier molecular flexibility index (Phi) is 5.92. The van der Waals surface area contributed by atoms with Crippen molar-refractivity contribution in [3.63, 3.8) is 0 Å². The minimum Gasteiger partial charge on any atom is -0.379 e. The predicted octanol–water partition coefficient (Wildman–Crippen LogP) is 3.19. The van der Waals surface area contributed by atoms with Gasteiger partial charge in [0, 0.05) is 24.0 Å². The fourth-order valence-electron chi connectivity index (χ4n) is 3.93. The van der Waals surface area contributed by atoms with Gasteiger partial charge in [-0.15, -0.1) is 10.2 Å². The number of rotatable bonds is 6. The molecule has 2 aromatic carbocycles. The summed E-state index contributed by atoms with van der Waals surface area (Å²) in [5.74, 6) is 0.0574. The number of morpholine rings is 1. The molecule has 0 amide bonds. The topological polar surface area (TPSA) is 93.9 Å². The Balaban J connectivity index is 1.34. The summed E-state index contributed by atoms with van der Waals surface area (Å²) in [5, 5.41) is 10.3. The van der Waals surface area contributed by atoms with E-state index in [-0.39, 0.29) is 16.4 Å². The number of hydrogen-bond acceptors (Lipinski definition) is 7. The van der Waals surface area contributed by atoms with E-state index in [1.54, 1.807) is 12.1 Å². The van der Waals surface area contributed by atoms with Gasteiger partial charge in [-0.2, -0.15) is 4.31 Å². The minimum absolute atomic E-state index is 0.108. The number of pyridine rings is 1. The number of ketones is 1. The molecule has 3 heterocycles. The van der Waals surface area contributed by atoms with E-state index in [2.05, 4.69) is 16.3 Å². The predicted molar refractivity (Wildman–Crippen MR) is 126 cm³/mol. The van der Waals surface area contributed by atoms with Crippen molar-refractivity contribution in [2.75, 3.05) is 32.1 Å². The molecule has 0 spiro atoms. The van der Waals surface area contributed by atoms with Crippen molar-refractivity contribution < 1.29 is 17.9 Å². The molecule has 0 radical (unpaired) electrons. The van der Waals surface area contributed by atoms with E-state index in [0.29, 0.717) is 37.0 Å². The van der Waals surface area contributed by atoms with Crippen LogP contribution < -0.4 is 0 Å². The van der Waals surface area contributed by atoms with Gasteiger partial charge in [0.05, 0.1) is 29.4 Å². The number of sulfonamides is 1. The third kappa shape index (κ3) is 4.15. The van der Waals surface area contributed by atoms with Gasteiger partial charge in [0.15, 0.2) is 16.6 Å². The first-order chi connectivity index (χ1) is 15.9. The second kappa shape index (κ2) is 8.86. The highest BCUT2D eigenvalue weighted by molar-refractivity contribution is 7.99. The molecule has 1 saturated heterocycles. The van der Waals surface area contributed by atoms with Crippen LogP contribution in [0.15, 0.2) is 64.6 Å². The van der Waals surface area contributed by atoms with E-state index >= 15 is 0 Å². The van der Waals surface area contributed by atoms with Crippen LogP contribution in [-0.2, 0) is 14.8 Å². The van der Waals surface area contributed by atoms with Crippen LogP contribution in [0.2, 0.25) is 0 Å². The number of para-hydroxylation sites is 1. The Bertz CT molecular complexity index is 1440. The minimum atomic E-state index is -3.59. The first-order valence-corrected chi connectivity index (χ1v) is 13.0.